The van der Waals surface area contributed by atoms with Gasteiger partial charge >= 0.3 is 0 Å². The minimum Gasteiger partial charge on any atom is -0.493 e. The summed E-state index contributed by atoms with van der Waals surface area (Å²) in [6.07, 6.45) is 3.95. The third-order valence-electron chi connectivity index (χ3n) is 3.39. The second kappa shape index (κ2) is 4.89. The van der Waals surface area contributed by atoms with Crippen LogP contribution < -0.4 is 9.47 Å². The van der Waals surface area contributed by atoms with E-state index in [0.717, 1.165) is 5.56 Å². The molecule has 1 heterocycles. The lowest BCUT2D eigenvalue weighted by molar-refractivity contribution is 0.104. The van der Waals surface area contributed by atoms with Gasteiger partial charge in [0.2, 0.25) is 0 Å². The number of carbonyl (C=O) groups excluding carboxylic acids is 1. The Balaban J connectivity index is 2.02. The largest absolute Gasteiger partial charge is 0.493 e. The Labute approximate surface area is 116 Å². The van der Waals surface area contributed by atoms with Crippen molar-refractivity contribution >= 4 is 11.9 Å². The van der Waals surface area contributed by atoms with Crippen LogP contribution in [0.3, 0.4) is 0 Å². The zero-order chi connectivity index (χ0) is 14.1. The molecule has 4 heteroatoms. The fourth-order valence-corrected chi connectivity index (χ4v) is 2.40. The summed E-state index contributed by atoms with van der Waals surface area (Å²) in [4.78, 5) is 12.4. The smallest absolute Gasteiger partial charge is 0.189 e. The summed E-state index contributed by atoms with van der Waals surface area (Å²) >= 11 is 0. The summed E-state index contributed by atoms with van der Waals surface area (Å²) in [6, 6.07) is 7.21. The van der Waals surface area contributed by atoms with E-state index in [1.165, 1.54) is 0 Å². The van der Waals surface area contributed by atoms with Crippen molar-refractivity contribution in [3.8, 4) is 11.5 Å². The summed E-state index contributed by atoms with van der Waals surface area (Å²) < 4.78 is 15.8. The summed E-state index contributed by atoms with van der Waals surface area (Å²) in [7, 11) is 3.14. The molecule has 0 bridgehead atoms. The van der Waals surface area contributed by atoms with Gasteiger partial charge in [0.25, 0.3) is 0 Å². The number of rotatable bonds is 3. The van der Waals surface area contributed by atoms with Gasteiger partial charge in [0, 0.05) is 17.6 Å². The maximum atomic E-state index is 12.4. The fraction of sp³-hybridized carbons (Fsp3) is 0.188. The monoisotopic (exact) mass is 270 g/mol. The second-order valence-corrected chi connectivity index (χ2v) is 4.56. The lowest BCUT2D eigenvalue weighted by Gasteiger charge is -2.08. The molecule has 0 amide bonds. The summed E-state index contributed by atoms with van der Waals surface area (Å²) in [6.45, 7) is 0. The van der Waals surface area contributed by atoms with Crippen LogP contribution in [0, 0.1) is 0 Å². The molecule has 0 saturated carbocycles. The van der Waals surface area contributed by atoms with Gasteiger partial charge in [-0.05, 0) is 35.9 Å². The molecule has 0 unspecified atom stereocenters. The van der Waals surface area contributed by atoms with Crippen LogP contribution in [0.15, 0.2) is 40.5 Å². The fourth-order valence-electron chi connectivity index (χ4n) is 2.40. The first-order chi connectivity index (χ1) is 9.72. The molecule has 3 rings (SSSR count). The standard InChI is InChI=1S/C16H14O4/c1-18-14-8-10-6-11(7-12-4-3-5-20-12)16(17)13(10)9-15(14)19-2/h3-5,7-9H,6H2,1-2H3. The third-order valence-corrected chi connectivity index (χ3v) is 3.39. The molecular formula is C16H14O4. The van der Waals surface area contributed by atoms with Gasteiger partial charge in [0.05, 0.1) is 20.5 Å². The van der Waals surface area contributed by atoms with E-state index in [1.54, 1.807) is 38.7 Å². The minimum absolute atomic E-state index is 0.0114. The van der Waals surface area contributed by atoms with Gasteiger partial charge < -0.3 is 13.9 Å². The van der Waals surface area contributed by atoms with Gasteiger partial charge in [-0.15, -0.1) is 0 Å². The maximum absolute atomic E-state index is 12.4. The van der Waals surface area contributed by atoms with Gasteiger partial charge in [-0.25, -0.2) is 0 Å². The molecular weight excluding hydrogens is 256 g/mol. The number of benzene rings is 1. The van der Waals surface area contributed by atoms with E-state index < -0.39 is 0 Å². The van der Waals surface area contributed by atoms with E-state index in [0.29, 0.717) is 34.8 Å². The van der Waals surface area contributed by atoms with Crippen LogP contribution in [-0.4, -0.2) is 20.0 Å². The lowest BCUT2D eigenvalue weighted by Crippen LogP contribution is -1.97. The highest BCUT2D eigenvalue weighted by atomic mass is 16.5. The quantitative estimate of drug-likeness (QED) is 0.804. The van der Waals surface area contributed by atoms with E-state index in [1.807, 2.05) is 12.1 Å². The van der Waals surface area contributed by atoms with E-state index >= 15 is 0 Å². The number of ketones is 1. The molecule has 0 spiro atoms. The summed E-state index contributed by atoms with van der Waals surface area (Å²) in [5.41, 5.74) is 2.33. The minimum atomic E-state index is 0.0114. The maximum Gasteiger partial charge on any atom is 0.189 e. The van der Waals surface area contributed by atoms with E-state index in [-0.39, 0.29) is 5.78 Å². The third kappa shape index (κ3) is 1.99. The number of carbonyl (C=O) groups is 1. The molecule has 1 aromatic heterocycles. The van der Waals surface area contributed by atoms with E-state index in [9.17, 15) is 4.79 Å². The predicted octanol–water partition coefficient (Wildman–Crippen LogP) is 3.12. The van der Waals surface area contributed by atoms with E-state index in [2.05, 4.69) is 0 Å². The SMILES string of the molecule is COc1cc2c(cc1OC)C(=O)C(=Cc1ccco1)C2. The number of ether oxygens (including phenoxy) is 2. The Morgan fingerprint density at radius 2 is 1.95 bits per heavy atom. The average Bonchev–Trinajstić information content (AvgIpc) is 3.07. The highest BCUT2D eigenvalue weighted by Gasteiger charge is 2.27. The van der Waals surface area contributed by atoms with Crippen LogP contribution in [0.2, 0.25) is 0 Å². The zero-order valence-corrected chi connectivity index (χ0v) is 11.3. The van der Waals surface area contributed by atoms with E-state index in [4.69, 9.17) is 13.9 Å². The van der Waals surface area contributed by atoms with Crippen LogP contribution in [0.25, 0.3) is 6.08 Å². The molecule has 0 N–H and O–H groups in total. The molecule has 0 atom stereocenters. The van der Waals surface area contributed by atoms with Gasteiger partial charge in [-0.3, -0.25) is 4.79 Å². The average molecular weight is 270 g/mol. The highest BCUT2D eigenvalue weighted by molar-refractivity contribution is 6.15. The van der Waals surface area contributed by atoms with Crippen LogP contribution in [0.1, 0.15) is 21.7 Å². The van der Waals surface area contributed by atoms with Crippen molar-refractivity contribution in [3.05, 3.63) is 53.0 Å². The van der Waals surface area contributed by atoms with Crippen LogP contribution in [-0.2, 0) is 6.42 Å². The van der Waals surface area contributed by atoms with Gasteiger partial charge in [0.1, 0.15) is 5.76 Å². The Morgan fingerprint density at radius 1 is 1.20 bits per heavy atom. The van der Waals surface area contributed by atoms with Crippen LogP contribution in [0.4, 0.5) is 0 Å². The zero-order valence-electron chi connectivity index (χ0n) is 11.3. The number of fused-ring (bicyclic) bond motifs is 1. The molecule has 20 heavy (non-hydrogen) atoms. The number of hydrogen-bond acceptors (Lipinski definition) is 4. The molecule has 102 valence electrons. The molecule has 0 saturated heterocycles. The van der Waals surface area contributed by atoms with Crippen molar-refractivity contribution in [2.75, 3.05) is 14.2 Å². The molecule has 0 fully saturated rings. The van der Waals surface area contributed by atoms with Gasteiger partial charge in [-0.2, -0.15) is 0 Å². The first kappa shape index (κ1) is 12.5. The normalized spacial score (nSPS) is 15.5. The number of hydrogen-bond donors (Lipinski definition) is 0. The molecule has 4 nitrogen and oxygen atoms in total. The van der Waals surface area contributed by atoms with Crippen molar-refractivity contribution in [2.24, 2.45) is 0 Å². The molecule has 1 aliphatic rings. The van der Waals surface area contributed by atoms with Crippen molar-refractivity contribution in [2.45, 2.75) is 6.42 Å². The van der Waals surface area contributed by atoms with Crippen LogP contribution >= 0.6 is 0 Å². The van der Waals surface area contributed by atoms with Crippen molar-refractivity contribution in [3.63, 3.8) is 0 Å². The van der Waals surface area contributed by atoms with Crippen molar-refractivity contribution in [1.29, 1.82) is 0 Å². The Hall–Kier alpha value is -2.49. The Kier molecular flexibility index (Phi) is 3.06. The highest BCUT2D eigenvalue weighted by Crippen LogP contribution is 2.36. The van der Waals surface area contributed by atoms with Crippen LogP contribution in [0.5, 0.6) is 11.5 Å². The number of methoxy groups -OCH3 is 2. The molecule has 2 aromatic rings. The number of Topliss-reactive ketones (excluding diaryl/α,β-unsaturated/α-hetero) is 1. The molecule has 0 radical (unpaired) electrons. The van der Waals surface area contributed by atoms with Crippen molar-refractivity contribution in [1.82, 2.24) is 0 Å². The molecule has 1 aliphatic carbocycles. The van der Waals surface area contributed by atoms with Crippen molar-refractivity contribution < 1.29 is 18.7 Å². The topological polar surface area (TPSA) is 48.7 Å². The summed E-state index contributed by atoms with van der Waals surface area (Å²) in [5.74, 6) is 1.90. The first-order valence-electron chi connectivity index (χ1n) is 6.26. The number of furan rings is 1. The van der Waals surface area contributed by atoms with Gasteiger partial charge in [0.15, 0.2) is 17.3 Å². The second-order valence-electron chi connectivity index (χ2n) is 4.56. The Bertz CT molecular complexity index is 681. The van der Waals surface area contributed by atoms with Gasteiger partial charge in [-0.1, -0.05) is 0 Å². The lowest BCUT2D eigenvalue weighted by atomic mass is 10.1. The molecule has 1 aromatic carbocycles. The first-order valence-corrected chi connectivity index (χ1v) is 6.26. The molecule has 0 aliphatic heterocycles. The summed E-state index contributed by atoms with van der Waals surface area (Å²) in [5, 5.41) is 0. The Morgan fingerprint density at radius 3 is 2.60 bits per heavy atom. The number of allylic oxidation sites excluding steroid dienone is 1. The predicted molar refractivity (Wildman–Crippen MR) is 74.3 cm³/mol.